The first-order valence-electron chi connectivity index (χ1n) is 11.3. The molecular weight excluding hydrogens is 505 g/mol. The molecule has 1 N–H and O–H groups in total. The van der Waals surface area contributed by atoms with E-state index < -0.39 is 18.1 Å². The average molecular weight is 525 g/mol. The zero-order valence-corrected chi connectivity index (χ0v) is 20.3. The Bertz CT molecular complexity index is 1580. The number of aromatic nitrogens is 5. The molecule has 37 heavy (non-hydrogen) atoms. The molecular formula is C26H20ClF3N6O. The summed E-state index contributed by atoms with van der Waals surface area (Å²) in [5.74, 6) is -0.707. The molecule has 0 fully saturated rings. The van der Waals surface area contributed by atoms with Gasteiger partial charge in [-0.25, -0.2) is 22.8 Å². The van der Waals surface area contributed by atoms with Crippen molar-refractivity contribution >= 4 is 34.4 Å². The second-order valence-corrected chi connectivity index (χ2v) is 8.76. The predicted molar refractivity (Wildman–Crippen MR) is 134 cm³/mol. The Morgan fingerprint density at radius 3 is 2.59 bits per heavy atom. The van der Waals surface area contributed by atoms with E-state index >= 15 is 0 Å². The molecule has 0 atom stereocenters. The zero-order valence-electron chi connectivity index (χ0n) is 19.5. The summed E-state index contributed by atoms with van der Waals surface area (Å²) in [7, 11) is 0. The summed E-state index contributed by atoms with van der Waals surface area (Å²) >= 11 is 6.08. The fourth-order valence-electron chi connectivity index (χ4n) is 4.11. The summed E-state index contributed by atoms with van der Waals surface area (Å²) in [6.07, 6.45) is -1.17. The van der Waals surface area contributed by atoms with Gasteiger partial charge in [0.25, 0.3) is 6.43 Å². The number of nitrogens with one attached hydrogen (secondary N) is 1. The van der Waals surface area contributed by atoms with Crippen molar-refractivity contribution in [2.24, 2.45) is 0 Å². The highest BCUT2D eigenvalue weighted by Gasteiger charge is 2.22. The molecule has 0 spiro atoms. The number of nitrogens with zero attached hydrogens (tertiary/aromatic N) is 5. The van der Waals surface area contributed by atoms with E-state index in [1.165, 1.54) is 27.6 Å². The van der Waals surface area contributed by atoms with Gasteiger partial charge in [-0.3, -0.25) is 9.48 Å². The van der Waals surface area contributed by atoms with Gasteiger partial charge in [-0.15, -0.1) is 0 Å². The first-order valence-corrected chi connectivity index (χ1v) is 11.7. The Balaban J connectivity index is 1.39. The maximum absolute atomic E-state index is 14.1. The third kappa shape index (κ3) is 5.05. The number of halogens is 4. The molecule has 0 saturated carbocycles. The molecule has 3 aromatic heterocycles. The summed E-state index contributed by atoms with van der Waals surface area (Å²) < 4.78 is 44.7. The van der Waals surface area contributed by atoms with Crippen molar-refractivity contribution in [1.82, 2.24) is 24.5 Å². The quantitative estimate of drug-likeness (QED) is 0.282. The average Bonchev–Trinajstić information content (AvgIpc) is 3.44. The molecule has 188 valence electrons. The van der Waals surface area contributed by atoms with Crippen molar-refractivity contribution in [3.63, 3.8) is 0 Å². The van der Waals surface area contributed by atoms with Crippen LogP contribution in [0.2, 0.25) is 5.02 Å². The van der Waals surface area contributed by atoms with Crippen LogP contribution < -0.4 is 5.32 Å². The van der Waals surface area contributed by atoms with Gasteiger partial charge in [-0.1, -0.05) is 48.0 Å². The normalized spacial score (nSPS) is 11.4. The standard InChI is InChI=1S/C26H20ClF3N6O/c1-15-24-17(25(29)30)12-21(16-6-3-2-4-7-16)31-26(24)36(33-15)14-23(37)32-22-10-11-35(34-22)13-18-19(27)8-5-9-20(18)28/h2-12,25H,13-14H2,1H3,(H,32,34,37). The van der Waals surface area contributed by atoms with Gasteiger partial charge in [0.05, 0.1) is 23.3 Å². The fraction of sp³-hybridized carbons (Fsp3) is 0.154. The lowest BCUT2D eigenvalue weighted by molar-refractivity contribution is -0.116. The van der Waals surface area contributed by atoms with E-state index in [1.807, 2.05) is 6.07 Å². The molecule has 7 nitrogen and oxygen atoms in total. The van der Waals surface area contributed by atoms with E-state index in [4.69, 9.17) is 11.6 Å². The molecule has 0 radical (unpaired) electrons. The van der Waals surface area contributed by atoms with Crippen LogP contribution >= 0.6 is 11.6 Å². The second-order valence-electron chi connectivity index (χ2n) is 8.35. The second kappa shape index (κ2) is 10.1. The Kier molecular flexibility index (Phi) is 6.66. The first kappa shape index (κ1) is 24.5. The maximum Gasteiger partial charge on any atom is 0.264 e. The number of alkyl halides is 2. The fourth-order valence-corrected chi connectivity index (χ4v) is 4.33. The summed E-state index contributed by atoms with van der Waals surface area (Å²) in [5.41, 5.74) is 1.63. The Morgan fingerprint density at radius 2 is 1.86 bits per heavy atom. The van der Waals surface area contributed by atoms with Crippen molar-refractivity contribution in [3.05, 3.63) is 94.5 Å². The first-order chi connectivity index (χ1) is 17.8. The highest BCUT2D eigenvalue weighted by atomic mass is 35.5. The van der Waals surface area contributed by atoms with Crippen molar-refractivity contribution in [3.8, 4) is 11.3 Å². The Labute approximate surface area is 214 Å². The lowest BCUT2D eigenvalue weighted by atomic mass is 10.1. The van der Waals surface area contributed by atoms with E-state index in [2.05, 4.69) is 20.5 Å². The monoisotopic (exact) mass is 524 g/mol. The van der Waals surface area contributed by atoms with Crippen LogP contribution in [0.1, 0.15) is 23.2 Å². The van der Waals surface area contributed by atoms with Crippen molar-refractivity contribution in [1.29, 1.82) is 0 Å². The molecule has 3 heterocycles. The van der Waals surface area contributed by atoms with Gasteiger partial charge in [0.1, 0.15) is 12.4 Å². The van der Waals surface area contributed by atoms with E-state index in [-0.39, 0.29) is 46.1 Å². The minimum Gasteiger partial charge on any atom is -0.308 e. The van der Waals surface area contributed by atoms with Crippen LogP contribution in [-0.2, 0) is 17.9 Å². The molecule has 0 aliphatic carbocycles. The number of anilines is 1. The molecule has 0 aliphatic heterocycles. The summed E-state index contributed by atoms with van der Waals surface area (Å²) in [6.45, 7) is 1.40. The molecule has 2 aromatic carbocycles. The number of aryl methyl sites for hydroxylation is 1. The number of rotatable bonds is 7. The van der Waals surface area contributed by atoms with Crippen molar-refractivity contribution < 1.29 is 18.0 Å². The minimum atomic E-state index is -2.75. The predicted octanol–water partition coefficient (Wildman–Crippen LogP) is 6.02. The SMILES string of the molecule is Cc1nn(CC(=O)Nc2ccn(Cc3c(F)cccc3Cl)n2)c2nc(-c3ccccc3)cc(C(F)F)c12. The third-order valence-electron chi connectivity index (χ3n) is 5.80. The number of benzene rings is 2. The minimum absolute atomic E-state index is 0.0763. The van der Waals surface area contributed by atoms with Gasteiger partial charge < -0.3 is 5.32 Å². The zero-order chi connectivity index (χ0) is 26.1. The molecule has 0 unspecified atom stereocenters. The van der Waals surface area contributed by atoms with Gasteiger partial charge in [0.15, 0.2) is 11.5 Å². The molecule has 0 aliphatic rings. The van der Waals surface area contributed by atoms with Crippen molar-refractivity contribution in [2.75, 3.05) is 5.32 Å². The Morgan fingerprint density at radius 1 is 1.08 bits per heavy atom. The van der Waals surface area contributed by atoms with Crippen LogP contribution in [0.15, 0.2) is 66.9 Å². The van der Waals surface area contributed by atoms with Crippen LogP contribution in [-0.4, -0.2) is 30.5 Å². The number of fused-ring (bicyclic) bond motifs is 1. The van der Waals surface area contributed by atoms with Crippen molar-refractivity contribution in [2.45, 2.75) is 26.4 Å². The molecule has 0 bridgehead atoms. The van der Waals surface area contributed by atoms with Crippen LogP contribution in [0.5, 0.6) is 0 Å². The molecule has 11 heteroatoms. The molecule has 5 aromatic rings. The molecule has 0 saturated heterocycles. The van der Waals surface area contributed by atoms with Gasteiger partial charge in [0, 0.05) is 34.0 Å². The van der Waals surface area contributed by atoms with Crippen LogP contribution in [0.3, 0.4) is 0 Å². The van der Waals surface area contributed by atoms with E-state index in [0.29, 0.717) is 17.0 Å². The third-order valence-corrected chi connectivity index (χ3v) is 6.15. The van der Waals surface area contributed by atoms with Gasteiger partial charge in [-0.2, -0.15) is 10.2 Å². The Hall–Kier alpha value is -4.18. The number of hydrogen-bond acceptors (Lipinski definition) is 4. The summed E-state index contributed by atoms with van der Waals surface area (Å²) in [4.78, 5) is 17.4. The largest absolute Gasteiger partial charge is 0.308 e. The number of carbonyl (C=O) groups excluding carboxylic acids is 1. The highest BCUT2D eigenvalue weighted by Crippen LogP contribution is 2.33. The van der Waals surface area contributed by atoms with E-state index in [0.717, 1.165) is 0 Å². The lowest BCUT2D eigenvalue weighted by Gasteiger charge is -2.09. The molecule has 1 amide bonds. The number of pyridine rings is 1. The van der Waals surface area contributed by atoms with Crippen LogP contribution in [0, 0.1) is 12.7 Å². The highest BCUT2D eigenvalue weighted by molar-refractivity contribution is 6.31. The van der Waals surface area contributed by atoms with Gasteiger partial charge >= 0.3 is 0 Å². The smallest absolute Gasteiger partial charge is 0.264 e. The van der Waals surface area contributed by atoms with E-state index in [1.54, 1.807) is 49.5 Å². The number of amides is 1. The lowest BCUT2D eigenvalue weighted by Crippen LogP contribution is -2.20. The van der Waals surface area contributed by atoms with E-state index in [9.17, 15) is 18.0 Å². The van der Waals surface area contributed by atoms with Gasteiger partial charge in [-0.05, 0) is 25.1 Å². The topological polar surface area (TPSA) is 77.6 Å². The van der Waals surface area contributed by atoms with Gasteiger partial charge in [0.2, 0.25) is 5.91 Å². The van der Waals surface area contributed by atoms with Crippen LogP contribution in [0.25, 0.3) is 22.3 Å². The number of hydrogen-bond donors (Lipinski definition) is 1. The maximum atomic E-state index is 14.1. The summed E-state index contributed by atoms with van der Waals surface area (Å²) in [5, 5.41) is 11.7. The number of carbonyl (C=O) groups is 1. The molecule has 5 rings (SSSR count). The van der Waals surface area contributed by atoms with Crippen LogP contribution in [0.4, 0.5) is 19.0 Å². The summed E-state index contributed by atoms with van der Waals surface area (Å²) in [6, 6.07) is 16.3.